The molecule has 0 saturated heterocycles. The summed E-state index contributed by atoms with van der Waals surface area (Å²) in [6.07, 6.45) is 2.15. The molecule has 2 aromatic heterocycles. The maximum Gasteiger partial charge on any atom is 0.272 e. The van der Waals surface area contributed by atoms with Gasteiger partial charge in [0.05, 0.1) is 30.0 Å². The van der Waals surface area contributed by atoms with Gasteiger partial charge in [-0.05, 0) is 72.0 Å². The lowest BCUT2D eigenvalue weighted by atomic mass is 10.1. The lowest BCUT2D eigenvalue weighted by Crippen LogP contribution is -2.30. The first kappa shape index (κ1) is 33.5. The van der Waals surface area contributed by atoms with Crippen LogP contribution in [0.1, 0.15) is 29.3 Å². The molecule has 3 amide bonds. The molecule has 1 unspecified atom stereocenters. The molecule has 3 N–H and O–H groups in total. The molecule has 12 heteroatoms. The number of carbonyl (C=O) groups excluding carboxylic acids is 3. The number of carbonyl (C=O) groups is 3. The van der Waals surface area contributed by atoms with E-state index in [0.717, 1.165) is 15.5 Å². The van der Waals surface area contributed by atoms with Crippen molar-refractivity contribution in [2.45, 2.75) is 23.5 Å². The van der Waals surface area contributed by atoms with Crippen LogP contribution in [-0.2, 0) is 9.59 Å². The highest BCUT2D eigenvalue weighted by Gasteiger charge is 2.21. The van der Waals surface area contributed by atoms with Gasteiger partial charge in [0.25, 0.3) is 11.8 Å². The highest BCUT2D eigenvalue weighted by molar-refractivity contribution is 8.00. The molecule has 47 heavy (non-hydrogen) atoms. The number of hydrogen-bond donors (Lipinski definition) is 3. The number of aromatic nitrogens is 1. The SMILES string of the molecule is CCC(Sc1cccc(NC(=O)/C(=C\c2ccc(OC)c(OC)c2)NC(=O)c2ccccc2)c1)C(=O)Nc1nc(-c2cccs2)cs1. The summed E-state index contributed by atoms with van der Waals surface area (Å²) in [4.78, 5) is 46.3. The zero-order chi connectivity index (χ0) is 33.2. The monoisotopic (exact) mass is 684 g/mol. The summed E-state index contributed by atoms with van der Waals surface area (Å²) >= 11 is 4.38. The van der Waals surface area contributed by atoms with Gasteiger partial charge in [0.1, 0.15) is 5.70 Å². The molecular formula is C35H32N4O5S3. The normalized spacial score (nSPS) is 11.8. The minimum Gasteiger partial charge on any atom is -0.493 e. The van der Waals surface area contributed by atoms with Gasteiger partial charge >= 0.3 is 0 Å². The number of nitrogens with one attached hydrogen (secondary N) is 3. The second kappa shape index (κ2) is 16.1. The number of benzene rings is 3. The van der Waals surface area contributed by atoms with Crippen LogP contribution in [0.25, 0.3) is 16.6 Å². The fourth-order valence-corrected chi connectivity index (χ4v) is 6.93. The number of thioether (sulfide) groups is 1. The molecule has 2 heterocycles. The van der Waals surface area contributed by atoms with Crippen LogP contribution in [0.4, 0.5) is 10.8 Å². The van der Waals surface area contributed by atoms with Gasteiger partial charge in [-0.15, -0.1) is 34.4 Å². The molecule has 0 aliphatic heterocycles. The summed E-state index contributed by atoms with van der Waals surface area (Å²) in [5, 5.41) is 12.7. The van der Waals surface area contributed by atoms with Crippen molar-refractivity contribution < 1.29 is 23.9 Å². The third-order valence-corrected chi connectivity index (χ3v) is 9.80. The van der Waals surface area contributed by atoms with Gasteiger partial charge in [0, 0.05) is 21.5 Å². The van der Waals surface area contributed by atoms with Crippen LogP contribution in [0.15, 0.2) is 106 Å². The average molecular weight is 685 g/mol. The van der Waals surface area contributed by atoms with E-state index < -0.39 is 11.8 Å². The zero-order valence-corrected chi connectivity index (χ0v) is 28.3. The van der Waals surface area contributed by atoms with E-state index >= 15 is 0 Å². The summed E-state index contributed by atoms with van der Waals surface area (Å²) in [6, 6.07) is 25.0. The number of thiazole rings is 1. The Morgan fingerprint density at radius 1 is 0.894 bits per heavy atom. The lowest BCUT2D eigenvalue weighted by molar-refractivity contribution is -0.116. The van der Waals surface area contributed by atoms with Gasteiger partial charge in [0.15, 0.2) is 16.6 Å². The van der Waals surface area contributed by atoms with Gasteiger partial charge in [-0.2, -0.15) is 0 Å². The summed E-state index contributed by atoms with van der Waals surface area (Å²) in [7, 11) is 3.06. The van der Waals surface area contributed by atoms with E-state index in [1.165, 1.54) is 37.3 Å². The maximum atomic E-state index is 13.6. The van der Waals surface area contributed by atoms with Crippen LogP contribution in [0.3, 0.4) is 0 Å². The van der Waals surface area contributed by atoms with Crippen molar-refractivity contribution in [2.24, 2.45) is 0 Å². The van der Waals surface area contributed by atoms with Crippen LogP contribution in [-0.4, -0.2) is 42.2 Å². The fraction of sp³-hybridized carbons (Fsp3) is 0.143. The molecule has 3 aromatic carbocycles. The number of nitrogens with zero attached hydrogens (tertiary/aromatic N) is 1. The molecule has 0 bridgehead atoms. The summed E-state index contributed by atoms with van der Waals surface area (Å²) < 4.78 is 10.7. The van der Waals surface area contributed by atoms with Gasteiger partial charge < -0.3 is 25.4 Å². The molecule has 0 radical (unpaired) electrons. The van der Waals surface area contributed by atoms with Gasteiger partial charge in [-0.25, -0.2) is 4.98 Å². The van der Waals surface area contributed by atoms with Crippen LogP contribution < -0.4 is 25.4 Å². The van der Waals surface area contributed by atoms with Crippen LogP contribution in [0.5, 0.6) is 11.5 Å². The van der Waals surface area contributed by atoms with Gasteiger partial charge in [-0.1, -0.05) is 43.3 Å². The Morgan fingerprint density at radius 3 is 2.43 bits per heavy atom. The van der Waals surface area contributed by atoms with Crippen molar-refractivity contribution in [1.82, 2.24) is 10.3 Å². The number of amides is 3. The first-order valence-electron chi connectivity index (χ1n) is 14.5. The van der Waals surface area contributed by atoms with E-state index in [1.54, 1.807) is 78.1 Å². The number of hydrogen-bond acceptors (Lipinski definition) is 9. The molecule has 5 aromatic rings. The Balaban J connectivity index is 1.31. The van der Waals surface area contributed by atoms with Crippen molar-refractivity contribution >= 4 is 69.1 Å². The standard InChI is InChI=1S/C35H32N4O5S3/c1-4-30(34(42)39-35-38-27(21-46-35)31-14-9-17-45-31)47-25-13-8-12-24(20-25)36-33(41)26(37-32(40)23-10-6-5-7-11-23)18-22-15-16-28(43-2)29(19-22)44-3/h5-21,30H,4H2,1-3H3,(H,36,41)(H,37,40)(H,38,39,42)/b26-18+. The summed E-state index contributed by atoms with van der Waals surface area (Å²) in [5.74, 6) is -0.0972. The summed E-state index contributed by atoms with van der Waals surface area (Å²) in [6.45, 7) is 1.95. The molecule has 0 spiro atoms. The molecular weight excluding hydrogens is 653 g/mol. The average Bonchev–Trinajstić information content (AvgIpc) is 3.80. The Morgan fingerprint density at radius 2 is 1.70 bits per heavy atom. The minimum atomic E-state index is -0.527. The topological polar surface area (TPSA) is 119 Å². The van der Waals surface area contributed by atoms with Crippen molar-refractivity contribution in [3.05, 3.63) is 113 Å². The van der Waals surface area contributed by atoms with Gasteiger partial charge in [-0.3, -0.25) is 14.4 Å². The Bertz CT molecular complexity index is 1870. The Hall–Kier alpha value is -4.91. The first-order chi connectivity index (χ1) is 22.9. The van der Waals surface area contributed by atoms with E-state index in [1.807, 2.05) is 41.9 Å². The van der Waals surface area contributed by atoms with Gasteiger partial charge in [0.2, 0.25) is 5.91 Å². The molecule has 0 aliphatic rings. The predicted molar refractivity (Wildman–Crippen MR) is 190 cm³/mol. The minimum absolute atomic E-state index is 0.0281. The predicted octanol–water partition coefficient (Wildman–Crippen LogP) is 7.81. The molecule has 9 nitrogen and oxygen atoms in total. The highest BCUT2D eigenvalue weighted by atomic mass is 32.2. The van der Waals surface area contributed by atoms with Crippen molar-refractivity contribution in [3.8, 4) is 22.1 Å². The first-order valence-corrected chi connectivity index (χ1v) is 17.2. The quantitative estimate of drug-likeness (QED) is 0.0855. The number of rotatable bonds is 13. The maximum absolute atomic E-state index is 13.6. The van der Waals surface area contributed by atoms with Crippen LogP contribution >= 0.6 is 34.4 Å². The fourth-order valence-electron chi connectivity index (χ4n) is 4.44. The third-order valence-electron chi connectivity index (χ3n) is 6.79. The van der Waals surface area contributed by atoms with Crippen molar-refractivity contribution in [1.29, 1.82) is 0 Å². The zero-order valence-electron chi connectivity index (χ0n) is 25.8. The smallest absolute Gasteiger partial charge is 0.272 e. The Kier molecular flexibility index (Phi) is 11.4. The number of thiophene rings is 1. The van der Waals surface area contributed by atoms with Crippen LogP contribution in [0.2, 0.25) is 0 Å². The number of ether oxygens (including phenoxy) is 2. The number of anilines is 2. The van der Waals surface area contributed by atoms with E-state index in [9.17, 15) is 14.4 Å². The molecule has 0 fully saturated rings. The summed E-state index contributed by atoms with van der Waals surface area (Å²) in [5.41, 5.74) is 2.39. The van der Waals surface area contributed by atoms with E-state index in [-0.39, 0.29) is 16.9 Å². The van der Waals surface area contributed by atoms with Crippen LogP contribution in [0, 0.1) is 0 Å². The van der Waals surface area contributed by atoms with Crippen molar-refractivity contribution in [3.63, 3.8) is 0 Å². The van der Waals surface area contributed by atoms with E-state index in [0.29, 0.717) is 39.9 Å². The largest absolute Gasteiger partial charge is 0.493 e. The molecule has 1 atom stereocenters. The third kappa shape index (κ3) is 8.88. The molecule has 240 valence electrons. The molecule has 0 saturated carbocycles. The van der Waals surface area contributed by atoms with E-state index in [4.69, 9.17) is 9.47 Å². The second-order valence-corrected chi connectivity index (χ2v) is 13.1. The molecule has 0 aliphatic carbocycles. The lowest BCUT2D eigenvalue weighted by Gasteiger charge is -2.15. The van der Waals surface area contributed by atoms with Crippen molar-refractivity contribution in [2.75, 3.05) is 24.9 Å². The highest BCUT2D eigenvalue weighted by Crippen LogP contribution is 2.32. The number of methoxy groups -OCH3 is 2. The van der Waals surface area contributed by atoms with E-state index in [2.05, 4.69) is 20.9 Å². The second-order valence-electron chi connectivity index (χ2n) is 9.99. The molecule has 5 rings (SSSR count). The Labute approximate surface area is 285 Å².